The third kappa shape index (κ3) is 6.78. The minimum Gasteiger partial charge on any atom is -0.755 e. The number of nitrogens with zero attached hydrogens (tertiary/aromatic N) is 4. The predicted molar refractivity (Wildman–Crippen MR) is 138 cm³/mol. The van der Waals surface area contributed by atoms with E-state index in [2.05, 4.69) is 20.5 Å². The molecule has 4 atom stereocenters. The molecule has 198 valence electrons. The maximum Gasteiger partial charge on any atom is 0.253 e. The fourth-order valence-electron chi connectivity index (χ4n) is 3.94. The first-order valence-corrected chi connectivity index (χ1v) is 13.4. The molecule has 4 heterocycles. The topological polar surface area (TPSA) is 151 Å². The van der Waals surface area contributed by atoms with Gasteiger partial charge in [0, 0.05) is 38.0 Å². The molecular weight excluding hydrogens is 520 g/mol. The molecule has 0 saturated carbocycles. The molecule has 12 nitrogen and oxygen atoms in total. The average Bonchev–Trinajstić information content (AvgIpc) is 3.54. The number of carbonyl (C=O) groups is 2. The summed E-state index contributed by atoms with van der Waals surface area (Å²) in [6.45, 7) is 5.46. The van der Waals surface area contributed by atoms with Gasteiger partial charge in [0.05, 0.1) is 41.3 Å². The minimum absolute atomic E-state index is 0.0876. The van der Waals surface area contributed by atoms with Crippen LogP contribution in [0.4, 0.5) is 10.9 Å². The maximum absolute atomic E-state index is 12.9. The average molecular weight is 548 g/mol. The zero-order valence-corrected chi connectivity index (χ0v) is 22.1. The summed E-state index contributed by atoms with van der Waals surface area (Å²) >= 11 is -1.30. The van der Waals surface area contributed by atoms with Crippen molar-refractivity contribution < 1.29 is 27.8 Å². The van der Waals surface area contributed by atoms with Gasteiger partial charge in [-0.15, -0.1) is 11.3 Å². The van der Waals surface area contributed by atoms with Crippen LogP contribution in [0.1, 0.15) is 24.2 Å². The zero-order valence-electron chi connectivity index (χ0n) is 20.4. The summed E-state index contributed by atoms with van der Waals surface area (Å²) in [6, 6.07) is 6.02. The Bertz CT molecular complexity index is 1270. The normalized spacial score (nSPS) is 19.3. The highest BCUT2D eigenvalue weighted by Crippen LogP contribution is 2.26. The van der Waals surface area contributed by atoms with E-state index >= 15 is 0 Å². The van der Waals surface area contributed by atoms with Gasteiger partial charge in [-0.1, -0.05) is 6.07 Å². The molecule has 0 spiro atoms. The molecule has 0 aliphatic carbocycles. The fraction of sp³-hybridized carbons (Fsp3) is 0.391. The number of pyridine rings is 1. The molecule has 2 N–H and O–H groups in total. The van der Waals surface area contributed by atoms with E-state index in [1.165, 1.54) is 30.7 Å². The van der Waals surface area contributed by atoms with E-state index < -0.39 is 29.1 Å². The van der Waals surface area contributed by atoms with E-state index in [1.807, 2.05) is 32.0 Å². The minimum atomic E-state index is -2.53. The molecule has 1 aliphatic heterocycles. The summed E-state index contributed by atoms with van der Waals surface area (Å²) in [4.78, 5) is 36.8. The zero-order chi connectivity index (χ0) is 26.5. The maximum atomic E-state index is 12.9. The summed E-state index contributed by atoms with van der Waals surface area (Å²) in [6.07, 6.45) is 2.58. The second-order valence-electron chi connectivity index (χ2n) is 8.53. The first-order chi connectivity index (χ1) is 17.7. The molecule has 4 rings (SSSR count). The molecule has 0 aromatic carbocycles. The Morgan fingerprint density at radius 1 is 1.24 bits per heavy atom. The number of nitrogens with one attached hydrogen (secondary N) is 2. The SMILES string of the molecule is COC[C@H](NC(=O)c1ccn(S(=O)[O-])c1)C(=O)Nc1nc(-c2cccc(N3C[C@@H](C)O[C@@H](C)C3)n2)cs1. The molecule has 3 aromatic heterocycles. The first kappa shape index (κ1) is 26.9. The number of amides is 2. The number of methoxy groups -OCH3 is 1. The van der Waals surface area contributed by atoms with Crippen molar-refractivity contribution in [3.05, 3.63) is 47.6 Å². The van der Waals surface area contributed by atoms with Gasteiger partial charge in [-0.2, -0.15) is 0 Å². The lowest BCUT2D eigenvalue weighted by molar-refractivity contribution is -0.119. The van der Waals surface area contributed by atoms with Crippen LogP contribution in [0.15, 0.2) is 42.0 Å². The molecule has 37 heavy (non-hydrogen) atoms. The number of morpholine rings is 1. The van der Waals surface area contributed by atoms with E-state index in [-0.39, 0.29) is 24.4 Å². The van der Waals surface area contributed by atoms with Gasteiger partial charge in [0.1, 0.15) is 17.6 Å². The van der Waals surface area contributed by atoms with Crippen LogP contribution in [0.2, 0.25) is 0 Å². The largest absolute Gasteiger partial charge is 0.755 e. The molecule has 1 saturated heterocycles. The molecule has 1 aliphatic rings. The Balaban J connectivity index is 1.42. The van der Waals surface area contributed by atoms with Crippen molar-refractivity contribution in [3.63, 3.8) is 0 Å². The standard InChI is InChI=1S/C23H28N6O6S2/c1-14-9-28(10-15(2)35-14)20-6-4-5-17(24-20)19-13-36-23(26-19)27-22(31)18(12-34-3)25-21(30)16-7-8-29(11-16)37(32)33/h4-8,11,13-15,18H,9-10,12H2,1-3H3,(H,25,30)(H,32,33)(H,26,27,31)/p-1/t14-,15+,18-/m0/s1. The van der Waals surface area contributed by atoms with E-state index in [0.29, 0.717) is 16.5 Å². The Morgan fingerprint density at radius 3 is 2.68 bits per heavy atom. The smallest absolute Gasteiger partial charge is 0.253 e. The van der Waals surface area contributed by atoms with Crippen LogP contribution in [-0.2, 0) is 25.5 Å². The van der Waals surface area contributed by atoms with E-state index in [0.717, 1.165) is 29.1 Å². The van der Waals surface area contributed by atoms with Gasteiger partial charge in [-0.25, -0.2) is 9.97 Å². The Kier molecular flexibility index (Phi) is 8.66. The third-order valence-corrected chi connectivity index (χ3v) is 6.86. The van der Waals surface area contributed by atoms with Crippen LogP contribution >= 0.6 is 11.3 Å². The lowest BCUT2D eigenvalue weighted by atomic mass is 10.2. The number of hydrogen-bond acceptors (Lipinski definition) is 10. The van der Waals surface area contributed by atoms with Crippen LogP contribution in [0.25, 0.3) is 11.4 Å². The molecule has 2 amide bonds. The van der Waals surface area contributed by atoms with Crippen molar-refractivity contribution in [2.75, 3.05) is 37.0 Å². The number of ether oxygens (including phenoxy) is 2. The molecule has 1 fully saturated rings. The van der Waals surface area contributed by atoms with E-state index in [9.17, 15) is 18.4 Å². The van der Waals surface area contributed by atoms with Gasteiger partial charge in [0.2, 0.25) is 0 Å². The molecule has 3 aromatic rings. The van der Waals surface area contributed by atoms with Gasteiger partial charge in [-0.05, 0) is 32.0 Å². The summed E-state index contributed by atoms with van der Waals surface area (Å²) in [5.41, 5.74) is 1.36. The van der Waals surface area contributed by atoms with Crippen LogP contribution in [-0.4, -0.2) is 79.6 Å². The van der Waals surface area contributed by atoms with Crippen molar-refractivity contribution >= 4 is 45.4 Å². The molecule has 14 heteroatoms. The lowest BCUT2D eigenvalue weighted by Crippen LogP contribution is -2.46. The molecule has 0 bridgehead atoms. The molecule has 1 unspecified atom stereocenters. The Hall–Kier alpha value is -3.17. The summed E-state index contributed by atoms with van der Waals surface area (Å²) in [5, 5.41) is 7.39. The summed E-state index contributed by atoms with van der Waals surface area (Å²) < 4.78 is 33.8. The fourth-order valence-corrected chi connectivity index (χ4v) is 5.01. The highest BCUT2D eigenvalue weighted by atomic mass is 32.2. The predicted octanol–water partition coefficient (Wildman–Crippen LogP) is 1.65. The molecular formula is C23H27N6O6S2-. The Morgan fingerprint density at radius 2 is 2.00 bits per heavy atom. The quantitative estimate of drug-likeness (QED) is 0.381. The van der Waals surface area contributed by atoms with Crippen molar-refractivity contribution in [1.82, 2.24) is 19.3 Å². The Labute approximate surface area is 220 Å². The third-order valence-electron chi connectivity index (χ3n) is 5.53. The number of aromatic nitrogens is 3. The summed E-state index contributed by atoms with van der Waals surface area (Å²) in [7, 11) is 1.40. The van der Waals surface area contributed by atoms with Gasteiger partial charge in [0.15, 0.2) is 5.13 Å². The van der Waals surface area contributed by atoms with Crippen molar-refractivity contribution in [2.24, 2.45) is 0 Å². The van der Waals surface area contributed by atoms with Crippen molar-refractivity contribution in [2.45, 2.75) is 32.1 Å². The van der Waals surface area contributed by atoms with Crippen LogP contribution in [0.3, 0.4) is 0 Å². The lowest BCUT2D eigenvalue weighted by Gasteiger charge is -2.36. The van der Waals surface area contributed by atoms with Crippen LogP contribution in [0, 0.1) is 0 Å². The van der Waals surface area contributed by atoms with Crippen LogP contribution < -0.4 is 15.5 Å². The highest BCUT2D eigenvalue weighted by Gasteiger charge is 2.25. The van der Waals surface area contributed by atoms with E-state index in [4.69, 9.17) is 14.5 Å². The van der Waals surface area contributed by atoms with Crippen molar-refractivity contribution in [1.29, 1.82) is 0 Å². The second kappa shape index (κ2) is 11.9. The number of carbonyl (C=O) groups excluding carboxylic acids is 2. The molecule has 0 radical (unpaired) electrons. The van der Waals surface area contributed by atoms with Crippen molar-refractivity contribution in [3.8, 4) is 11.4 Å². The van der Waals surface area contributed by atoms with Gasteiger partial charge in [0.25, 0.3) is 11.8 Å². The van der Waals surface area contributed by atoms with E-state index in [1.54, 1.807) is 5.38 Å². The van der Waals surface area contributed by atoms with Gasteiger partial charge in [-0.3, -0.25) is 17.8 Å². The van der Waals surface area contributed by atoms with Gasteiger partial charge >= 0.3 is 0 Å². The number of anilines is 2. The monoisotopic (exact) mass is 547 g/mol. The number of thiazole rings is 1. The first-order valence-electron chi connectivity index (χ1n) is 11.4. The van der Waals surface area contributed by atoms with Crippen LogP contribution in [0.5, 0.6) is 0 Å². The number of rotatable bonds is 9. The van der Waals surface area contributed by atoms with Gasteiger partial charge < -0.3 is 29.6 Å². The number of hydrogen-bond donors (Lipinski definition) is 2. The summed E-state index contributed by atoms with van der Waals surface area (Å²) in [5.74, 6) is -0.314. The highest BCUT2D eigenvalue weighted by molar-refractivity contribution is 7.77. The second-order valence-corrected chi connectivity index (χ2v) is 10.2.